The molecule has 2 aliphatic rings. The van der Waals surface area contributed by atoms with Gasteiger partial charge in [-0.15, -0.1) is 11.3 Å². The number of para-hydroxylation sites is 1. The highest BCUT2D eigenvalue weighted by atomic mass is 32.2. The first-order chi connectivity index (χ1) is 14.5. The number of thiophene rings is 1. The molecule has 6 nitrogen and oxygen atoms in total. The van der Waals surface area contributed by atoms with Crippen LogP contribution in [0.15, 0.2) is 46.7 Å². The van der Waals surface area contributed by atoms with E-state index in [0.717, 1.165) is 31.2 Å². The second kappa shape index (κ2) is 7.83. The number of nitrogens with zero attached hydrogens (tertiary/aromatic N) is 2. The molecular formula is C22H25N3O3S2. The van der Waals surface area contributed by atoms with Crippen LogP contribution < -0.4 is 0 Å². The number of carbonyl (C=O) groups excluding carboxylic acids is 1. The Kier molecular flexibility index (Phi) is 5.16. The Hall–Kier alpha value is -2.16. The van der Waals surface area contributed by atoms with Gasteiger partial charge in [0, 0.05) is 43.3 Å². The van der Waals surface area contributed by atoms with Crippen molar-refractivity contribution in [2.45, 2.75) is 36.5 Å². The molecule has 0 spiro atoms. The maximum Gasteiger partial charge on any atom is 0.265 e. The zero-order chi connectivity index (χ0) is 20.7. The maximum atomic E-state index is 13.2. The largest absolute Gasteiger partial charge is 0.358 e. The van der Waals surface area contributed by atoms with Crippen LogP contribution >= 0.6 is 11.3 Å². The lowest BCUT2D eigenvalue weighted by Gasteiger charge is -2.31. The first-order valence-corrected chi connectivity index (χ1v) is 12.8. The molecule has 0 unspecified atom stereocenters. The van der Waals surface area contributed by atoms with Crippen LogP contribution in [0.25, 0.3) is 10.9 Å². The molecule has 158 valence electrons. The Bertz CT molecular complexity index is 1130. The minimum absolute atomic E-state index is 0.155. The van der Waals surface area contributed by atoms with Gasteiger partial charge in [0.15, 0.2) is 0 Å². The molecule has 5 rings (SSSR count). The standard InChI is InChI=1S/C22H25N3O3S2/c26-22(21-20(9-14-29-21)30(27,28)25-10-3-4-11-25)24-12-7-16(8-13-24)19-15-17-5-1-2-6-18(17)23-19/h1-2,5-6,9,14-16,23H,3-4,7-8,10-13H2. The van der Waals surface area contributed by atoms with Crippen molar-refractivity contribution in [3.63, 3.8) is 0 Å². The van der Waals surface area contributed by atoms with Crippen molar-refractivity contribution < 1.29 is 13.2 Å². The third kappa shape index (κ3) is 3.46. The molecule has 4 heterocycles. The molecule has 1 N–H and O–H groups in total. The Morgan fingerprint density at radius 1 is 1.03 bits per heavy atom. The van der Waals surface area contributed by atoms with Crippen LogP contribution in [0.5, 0.6) is 0 Å². The number of fused-ring (bicyclic) bond motifs is 1. The Labute approximate surface area is 180 Å². The van der Waals surface area contributed by atoms with Crippen molar-refractivity contribution in [2.24, 2.45) is 0 Å². The quantitative estimate of drug-likeness (QED) is 0.662. The first kappa shape index (κ1) is 19.8. The van der Waals surface area contributed by atoms with E-state index in [4.69, 9.17) is 0 Å². The molecule has 8 heteroatoms. The maximum absolute atomic E-state index is 13.2. The van der Waals surface area contributed by atoms with Gasteiger partial charge < -0.3 is 9.88 Å². The lowest BCUT2D eigenvalue weighted by molar-refractivity contribution is 0.0713. The van der Waals surface area contributed by atoms with Crippen LogP contribution in [0.1, 0.15) is 47.0 Å². The van der Waals surface area contributed by atoms with Crippen LogP contribution in [-0.2, 0) is 10.0 Å². The SMILES string of the molecule is O=C(c1sccc1S(=O)(=O)N1CCCC1)N1CCC(c2cc3ccccc3[nH]2)CC1. The number of amides is 1. The van der Waals surface area contributed by atoms with Gasteiger partial charge in [0.05, 0.1) is 0 Å². The highest BCUT2D eigenvalue weighted by Gasteiger charge is 2.34. The molecule has 0 aliphatic carbocycles. The number of nitrogens with one attached hydrogen (secondary N) is 1. The summed E-state index contributed by atoms with van der Waals surface area (Å²) in [7, 11) is -3.59. The van der Waals surface area contributed by atoms with Crippen molar-refractivity contribution in [3.8, 4) is 0 Å². The number of aromatic nitrogens is 1. The molecule has 2 fully saturated rings. The number of H-pyrrole nitrogens is 1. The van der Waals surface area contributed by atoms with Crippen molar-refractivity contribution in [2.75, 3.05) is 26.2 Å². The number of hydrogen-bond donors (Lipinski definition) is 1. The fourth-order valence-corrected chi connectivity index (χ4v) is 7.46. The van der Waals surface area contributed by atoms with Gasteiger partial charge in [0.1, 0.15) is 9.77 Å². The van der Waals surface area contributed by atoms with Gasteiger partial charge in [-0.3, -0.25) is 4.79 Å². The molecule has 0 saturated carbocycles. The van der Waals surface area contributed by atoms with Crippen LogP contribution in [0.2, 0.25) is 0 Å². The summed E-state index contributed by atoms with van der Waals surface area (Å²) in [5.41, 5.74) is 2.36. The summed E-state index contributed by atoms with van der Waals surface area (Å²) in [4.78, 5) is 19.0. The summed E-state index contributed by atoms with van der Waals surface area (Å²) in [6.07, 6.45) is 3.51. The predicted molar refractivity (Wildman–Crippen MR) is 118 cm³/mol. The zero-order valence-corrected chi connectivity index (χ0v) is 18.3. The highest BCUT2D eigenvalue weighted by molar-refractivity contribution is 7.89. The molecule has 2 aromatic heterocycles. The summed E-state index contributed by atoms with van der Waals surface area (Å²) in [5.74, 6) is 0.232. The van der Waals surface area contributed by atoms with Crippen LogP contribution in [0, 0.1) is 0 Å². The van der Waals surface area contributed by atoms with Gasteiger partial charge in [0.2, 0.25) is 10.0 Å². The summed E-state index contributed by atoms with van der Waals surface area (Å²) in [6.45, 7) is 2.36. The summed E-state index contributed by atoms with van der Waals surface area (Å²) in [6, 6.07) is 12.0. The van der Waals surface area contributed by atoms with E-state index in [1.807, 2.05) is 17.0 Å². The number of sulfonamides is 1. The number of carbonyl (C=O) groups is 1. The number of hydrogen-bond acceptors (Lipinski definition) is 4. The Morgan fingerprint density at radius 2 is 1.77 bits per heavy atom. The van der Waals surface area contributed by atoms with E-state index >= 15 is 0 Å². The third-order valence-electron chi connectivity index (χ3n) is 6.28. The van der Waals surface area contributed by atoms with E-state index in [-0.39, 0.29) is 10.8 Å². The average Bonchev–Trinajstić information content (AvgIpc) is 3.53. The van der Waals surface area contributed by atoms with Gasteiger partial charge in [-0.05, 0) is 54.6 Å². The van der Waals surface area contributed by atoms with Gasteiger partial charge in [-0.1, -0.05) is 18.2 Å². The average molecular weight is 444 g/mol. The predicted octanol–water partition coefficient (Wildman–Crippen LogP) is 4.03. The molecule has 0 radical (unpaired) electrons. The zero-order valence-electron chi connectivity index (χ0n) is 16.7. The van der Waals surface area contributed by atoms with E-state index in [2.05, 4.69) is 23.2 Å². The second-order valence-corrected chi connectivity index (χ2v) is 10.9. The molecule has 1 amide bonds. The van der Waals surface area contributed by atoms with Gasteiger partial charge in [0.25, 0.3) is 5.91 Å². The summed E-state index contributed by atoms with van der Waals surface area (Å²) >= 11 is 1.23. The molecule has 30 heavy (non-hydrogen) atoms. The molecule has 1 aromatic carbocycles. The second-order valence-electron chi connectivity index (χ2n) is 8.10. The third-order valence-corrected chi connectivity index (χ3v) is 9.25. The van der Waals surface area contributed by atoms with Crippen molar-refractivity contribution in [1.29, 1.82) is 0 Å². The van der Waals surface area contributed by atoms with Crippen molar-refractivity contribution in [1.82, 2.24) is 14.2 Å². The fraction of sp³-hybridized carbons (Fsp3) is 0.409. The summed E-state index contributed by atoms with van der Waals surface area (Å²) < 4.78 is 27.5. The topological polar surface area (TPSA) is 73.5 Å². The molecule has 0 bridgehead atoms. The number of aromatic amines is 1. The summed E-state index contributed by atoms with van der Waals surface area (Å²) in [5, 5.41) is 2.93. The van der Waals surface area contributed by atoms with E-state index in [0.29, 0.717) is 37.0 Å². The van der Waals surface area contributed by atoms with E-state index in [9.17, 15) is 13.2 Å². The number of piperidine rings is 1. The smallest absolute Gasteiger partial charge is 0.265 e. The van der Waals surface area contributed by atoms with Crippen LogP contribution in [0.3, 0.4) is 0 Å². The molecule has 2 aliphatic heterocycles. The monoisotopic (exact) mass is 443 g/mol. The fourth-order valence-electron chi connectivity index (χ4n) is 4.58. The number of rotatable bonds is 4. The number of likely N-dealkylation sites (tertiary alicyclic amines) is 1. The molecule has 0 atom stereocenters. The van der Waals surface area contributed by atoms with E-state index < -0.39 is 10.0 Å². The van der Waals surface area contributed by atoms with Gasteiger partial charge >= 0.3 is 0 Å². The Morgan fingerprint density at radius 3 is 2.50 bits per heavy atom. The minimum Gasteiger partial charge on any atom is -0.358 e. The minimum atomic E-state index is -3.59. The Balaban J connectivity index is 1.30. The van der Waals surface area contributed by atoms with Gasteiger partial charge in [-0.25, -0.2) is 8.42 Å². The van der Waals surface area contributed by atoms with Crippen LogP contribution in [0.4, 0.5) is 0 Å². The lowest BCUT2D eigenvalue weighted by Crippen LogP contribution is -2.38. The van der Waals surface area contributed by atoms with Crippen LogP contribution in [-0.4, -0.2) is 54.7 Å². The van der Waals surface area contributed by atoms with Crippen molar-refractivity contribution in [3.05, 3.63) is 52.3 Å². The number of benzene rings is 1. The lowest BCUT2D eigenvalue weighted by atomic mass is 9.93. The van der Waals surface area contributed by atoms with Gasteiger partial charge in [-0.2, -0.15) is 4.31 Å². The van der Waals surface area contributed by atoms with E-state index in [1.54, 1.807) is 11.4 Å². The normalized spacial score (nSPS) is 19.0. The highest BCUT2D eigenvalue weighted by Crippen LogP contribution is 2.33. The molecular weight excluding hydrogens is 418 g/mol. The first-order valence-electron chi connectivity index (χ1n) is 10.5. The van der Waals surface area contributed by atoms with Crippen molar-refractivity contribution >= 4 is 38.2 Å². The molecule has 2 saturated heterocycles. The van der Waals surface area contributed by atoms with E-state index in [1.165, 1.54) is 26.7 Å². The molecule has 3 aromatic rings.